The van der Waals surface area contributed by atoms with Crippen LogP contribution in [0.1, 0.15) is 27.8 Å². The number of rotatable bonds is 5. The summed E-state index contributed by atoms with van der Waals surface area (Å²) in [6.07, 6.45) is 0. The molecule has 9 heteroatoms. The number of hydrogen-bond acceptors (Lipinski definition) is 5. The lowest BCUT2D eigenvalue weighted by Crippen LogP contribution is -2.14. The van der Waals surface area contributed by atoms with Gasteiger partial charge in [0.2, 0.25) is 5.91 Å². The third-order valence-electron chi connectivity index (χ3n) is 3.53. The smallest absolute Gasteiger partial charge is 0.275 e. The molecule has 2 aromatic carbocycles. The van der Waals surface area contributed by atoms with Crippen LogP contribution >= 0.6 is 22.9 Å². The first-order valence-electron chi connectivity index (χ1n) is 8.12. The second-order valence-corrected chi connectivity index (χ2v) is 7.01. The molecule has 142 valence electrons. The van der Waals surface area contributed by atoms with Crippen molar-refractivity contribution in [3.05, 3.63) is 70.2 Å². The first kappa shape index (κ1) is 19.5. The van der Waals surface area contributed by atoms with Gasteiger partial charge in [-0.2, -0.15) is 0 Å². The highest BCUT2D eigenvalue weighted by atomic mass is 35.5. The van der Waals surface area contributed by atoms with Crippen LogP contribution in [0.3, 0.4) is 0 Å². The molecule has 7 nitrogen and oxygen atoms in total. The molecular weight excluding hydrogens is 400 g/mol. The van der Waals surface area contributed by atoms with Gasteiger partial charge in [-0.25, -0.2) is 4.98 Å². The Morgan fingerprint density at radius 3 is 2.07 bits per heavy atom. The predicted molar refractivity (Wildman–Crippen MR) is 110 cm³/mol. The Balaban J connectivity index is 1.61. The Bertz CT molecular complexity index is 1020. The number of amides is 3. The fraction of sp³-hybridized carbons (Fsp3) is 0.0526. The third kappa shape index (κ3) is 5.15. The summed E-state index contributed by atoms with van der Waals surface area (Å²) in [5.41, 5.74) is 1.80. The van der Waals surface area contributed by atoms with Crippen LogP contribution in [0, 0.1) is 0 Å². The zero-order chi connectivity index (χ0) is 20.1. The summed E-state index contributed by atoms with van der Waals surface area (Å²) < 4.78 is 0. The van der Waals surface area contributed by atoms with Crippen LogP contribution in [0.25, 0.3) is 0 Å². The van der Waals surface area contributed by atoms with Gasteiger partial charge in [-0.3, -0.25) is 19.7 Å². The second kappa shape index (κ2) is 8.64. The van der Waals surface area contributed by atoms with Crippen molar-refractivity contribution in [2.75, 3.05) is 16.0 Å². The van der Waals surface area contributed by atoms with E-state index in [1.165, 1.54) is 6.92 Å². The second-order valence-electron chi connectivity index (χ2n) is 5.71. The molecule has 0 saturated heterocycles. The third-order valence-corrected chi connectivity index (χ3v) is 4.54. The molecule has 0 fully saturated rings. The van der Waals surface area contributed by atoms with E-state index in [0.29, 0.717) is 27.1 Å². The highest BCUT2D eigenvalue weighted by Crippen LogP contribution is 2.19. The monoisotopic (exact) mass is 414 g/mol. The number of carbonyl (C=O) groups is 3. The number of carbonyl (C=O) groups excluding carboxylic acids is 3. The van der Waals surface area contributed by atoms with Crippen LogP contribution in [-0.4, -0.2) is 22.7 Å². The van der Waals surface area contributed by atoms with E-state index in [1.807, 2.05) is 0 Å². The largest absolute Gasteiger partial charge is 0.326 e. The van der Waals surface area contributed by atoms with E-state index in [1.54, 1.807) is 53.9 Å². The molecule has 0 aliphatic heterocycles. The molecule has 0 aliphatic rings. The Morgan fingerprint density at radius 1 is 0.857 bits per heavy atom. The summed E-state index contributed by atoms with van der Waals surface area (Å²) in [6, 6.07) is 13.1. The normalized spacial score (nSPS) is 10.2. The molecule has 0 aliphatic carbocycles. The summed E-state index contributed by atoms with van der Waals surface area (Å²) in [5, 5.41) is 10.4. The van der Waals surface area contributed by atoms with Crippen molar-refractivity contribution in [3.63, 3.8) is 0 Å². The van der Waals surface area contributed by atoms with E-state index in [4.69, 9.17) is 11.6 Å². The van der Waals surface area contributed by atoms with Crippen molar-refractivity contribution >= 4 is 57.2 Å². The number of benzene rings is 2. The highest BCUT2D eigenvalue weighted by molar-refractivity contribution is 7.14. The lowest BCUT2D eigenvalue weighted by atomic mass is 10.2. The lowest BCUT2D eigenvalue weighted by Gasteiger charge is -2.05. The fourth-order valence-electron chi connectivity index (χ4n) is 2.24. The predicted octanol–water partition coefficient (Wildman–Crippen LogP) is 4.26. The molecule has 0 bridgehead atoms. The number of aromatic nitrogens is 1. The number of nitrogens with one attached hydrogen (secondary N) is 3. The molecule has 28 heavy (non-hydrogen) atoms. The number of halogens is 1. The summed E-state index contributed by atoms with van der Waals surface area (Å²) in [5.74, 6) is -0.922. The van der Waals surface area contributed by atoms with Gasteiger partial charge in [-0.1, -0.05) is 11.6 Å². The van der Waals surface area contributed by atoms with Gasteiger partial charge in [0, 0.05) is 34.3 Å². The van der Waals surface area contributed by atoms with E-state index in [-0.39, 0.29) is 17.5 Å². The molecule has 1 aromatic heterocycles. The minimum atomic E-state index is -0.407. The zero-order valence-electron chi connectivity index (χ0n) is 14.7. The van der Waals surface area contributed by atoms with Gasteiger partial charge in [-0.05, 0) is 48.5 Å². The quantitative estimate of drug-likeness (QED) is 0.580. The Hall–Kier alpha value is -3.23. The Kier molecular flexibility index (Phi) is 6.03. The van der Waals surface area contributed by atoms with Crippen LogP contribution < -0.4 is 16.0 Å². The van der Waals surface area contributed by atoms with Gasteiger partial charge >= 0.3 is 0 Å². The Morgan fingerprint density at radius 2 is 1.46 bits per heavy atom. The van der Waals surface area contributed by atoms with Crippen molar-refractivity contribution in [2.24, 2.45) is 0 Å². The summed E-state index contributed by atoms with van der Waals surface area (Å²) in [7, 11) is 0. The molecule has 3 amide bonds. The van der Waals surface area contributed by atoms with Crippen LogP contribution in [0.4, 0.5) is 16.5 Å². The van der Waals surface area contributed by atoms with E-state index in [0.717, 1.165) is 11.3 Å². The van der Waals surface area contributed by atoms with Gasteiger partial charge in [0.15, 0.2) is 5.13 Å². The van der Waals surface area contributed by atoms with E-state index < -0.39 is 5.91 Å². The van der Waals surface area contributed by atoms with E-state index in [2.05, 4.69) is 20.9 Å². The molecule has 0 atom stereocenters. The van der Waals surface area contributed by atoms with Crippen molar-refractivity contribution in [1.82, 2.24) is 4.98 Å². The van der Waals surface area contributed by atoms with Gasteiger partial charge in [0.1, 0.15) is 5.69 Å². The van der Waals surface area contributed by atoms with Gasteiger partial charge in [0.05, 0.1) is 0 Å². The molecule has 0 radical (unpaired) electrons. The maximum absolute atomic E-state index is 12.3. The van der Waals surface area contributed by atoms with Crippen molar-refractivity contribution in [3.8, 4) is 0 Å². The molecule has 3 N–H and O–H groups in total. The molecule has 3 rings (SSSR count). The average Bonchev–Trinajstić information content (AvgIpc) is 3.12. The first-order chi connectivity index (χ1) is 13.4. The SMILES string of the molecule is CC(=O)Nc1ccc(NC(=O)c2csc(NC(=O)c3ccc(Cl)cc3)n2)cc1. The number of nitrogens with zero attached hydrogens (tertiary/aromatic N) is 1. The Labute approximate surface area is 169 Å². The summed E-state index contributed by atoms with van der Waals surface area (Å²) in [6.45, 7) is 1.42. The number of thiazole rings is 1. The summed E-state index contributed by atoms with van der Waals surface area (Å²) >= 11 is 6.95. The maximum atomic E-state index is 12.3. The van der Waals surface area contributed by atoms with E-state index >= 15 is 0 Å². The van der Waals surface area contributed by atoms with Crippen LogP contribution in [0.5, 0.6) is 0 Å². The molecule has 0 saturated carbocycles. The molecule has 1 heterocycles. The fourth-order valence-corrected chi connectivity index (χ4v) is 3.05. The zero-order valence-corrected chi connectivity index (χ0v) is 16.2. The van der Waals surface area contributed by atoms with Gasteiger partial charge in [-0.15, -0.1) is 11.3 Å². The minimum Gasteiger partial charge on any atom is -0.326 e. The molecule has 0 unspecified atom stereocenters. The standard InChI is InChI=1S/C19H15ClN4O3S/c1-11(25)21-14-6-8-15(9-7-14)22-18(27)16-10-28-19(23-16)24-17(26)12-2-4-13(20)5-3-12/h2-10H,1H3,(H,21,25)(H,22,27)(H,23,24,26). The average molecular weight is 415 g/mol. The van der Waals surface area contributed by atoms with E-state index in [9.17, 15) is 14.4 Å². The number of hydrogen-bond donors (Lipinski definition) is 3. The number of anilines is 3. The highest BCUT2D eigenvalue weighted by Gasteiger charge is 2.14. The van der Waals surface area contributed by atoms with Crippen molar-refractivity contribution in [1.29, 1.82) is 0 Å². The van der Waals surface area contributed by atoms with Crippen LogP contribution in [-0.2, 0) is 4.79 Å². The van der Waals surface area contributed by atoms with Crippen LogP contribution in [0.15, 0.2) is 53.9 Å². The lowest BCUT2D eigenvalue weighted by molar-refractivity contribution is -0.114. The first-order valence-corrected chi connectivity index (χ1v) is 9.38. The minimum absolute atomic E-state index is 0.174. The summed E-state index contributed by atoms with van der Waals surface area (Å²) in [4.78, 5) is 39.7. The topological polar surface area (TPSA) is 100 Å². The molecule has 0 spiro atoms. The van der Waals surface area contributed by atoms with Gasteiger partial charge < -0.3 is 10.6 Å². The maximum Gasteiger partial charge on any atom is 0.275 e. The molecular formula is C19H15ClN4O3S. The van der Waals surface area contributed by atoms with Crippen molar-refractivity contribution < 1.29 is 14.4 Å². The van der Waals surface area contributed by atoms with Crippen LogP contribution in [0.2, 0.25) is 5.02 Å². The van der Waals surface area contributed by atoms with Gasteiger partial charge in [0.25, 0.3) is 11.8 Å². The molecule has 3 aromatic rings. The van der Waals surface area contributed by atoms with Crippen molar-refractivity contribution in [2.45, 2.75) is 6.92 Å².